The van der Waals surface area contributed by atoms with Gasteiger partial charge >= 0.3 is 12.0 Å². The van der Waals surface area contributed by atoms with Crippen molar-refractivity contribution in [3.8, 4) is 11.1 Å². The Morgan fingerprint density at radius 1 is 0.966 bits per heavy atom. The van der Waals surface area contributed by atoms with Gasteiger partial charge in [0.1, 0.15) is 5.82 Å². The molecule has 0 bridgehead atoms. The Kier molecular flexibility index (Phi) is 6.04. The fraction of sp³-hybridized carbons (Fsp3) is 0.0435. The number of nitrogens with one attached hydrogen (secondary N) is 1. The van der Waals surface area contributed by atoms with Crippen molar-refractivity contribution in [3.05, 3.63) is 90.3 Å². The van der Waals surface area contributed by atoms with Gasteiger partial charge in [-0.2, -0.15) is 0 Å². The lowest BCUT2D eigenvalue weighted by atomic mass is 10.0. The van der Waals surface area contributed by atoms with Gasteiger partial charge in [0.25, 0.3) is 0 Å². The fourth-order valence-electron chi connectivity index (χ4n) is 2.71. The molecule has 0 fully saturated rings. The van der Waals surface area contributed by atoms with Gasteiger partial charge in [0.15, 0.2) is 0 Å². The van der Waals surface area contributed by atoms with Crippen LogP contribution < -0.4 is 10.2 Å². The molecule has 0 atom stereocenters. The molecule has 0 saturated heterocycles. The topological polar surface area (TPSA) is 69.6 Å². The van der Waals surface area contributed by atoms with Crippen molar-refractivity contribution in [2.75, 3.05) is 17.3 Å². The Bertz CT molecular complexity index is 1040. The molecule has 0 aliphatic carbocycles. The van der Waals surface area contributed by atoms with E-state index in [0.717, 1.165) is 22.8 Å². The molecular weight excluding hydrogens is 371 g/mol. The van der Waals surface area contributed by atoms with Gasteiger partial charge in [-0.05, 0) is 59.2 Å². The van der Waals surface area contributed by atoms with Crippen LogP contribution in [0.25, 0.3) is 17.2 Å². The first kappa shape index (κ1) is 19.8. The van der Waals surface area contributed by atoms with Crippen LogP contribution in [0.5, 0.6) is 0 Å². The minimum Gasteiger partial charge on any atom is -0.478 e. The van der Waals surface area contributed by atoms with Gasteiger partial charge in [-0.25, -0.2) is 14.0 Å². The first-order valence-corrected chi connectivity index (χ1v) is 8.84. The molecule has 3 aromatic carbocycles. The number of amides is 2. The molecule has 0 aliphatic rings. The third-order valence-corrected chi connectivity index (χ3v) is 4.30. The van der Waals surface area contributed by atoms with Crippen LogP contribution in [0.4, 0.5) is 20.6 Å². The van der Waals surface area contributed by atoms with Crippen LogP contribution in [0, 0.1) is 5.82 Å². The second-order valence-electron chi connectivity index (χ2n) is 6.34. The Morgan fingerprint density at radius 3 is 2.31 bits per heavy atom. The molecule has 0 aromatic heterocycles. The number of hydrogen-bond donors (Lipinski definition) is 2. The highest BCUT2D eigenvalue weighted by Crippen LogP contribution is 2.25. The van der Waals surface area contributed by atoms with E-state index in [-0.39, 0.29) is 11.8 Å². The second-order valence-corrected chi connectivity index (χ2v) is 6.34. The van der Waals surface area contributed by atoms with E-state index in [9.17, 15) is 14.0 Å². The highest BCUT2D eigenvalue weighted by molar-refractivity contribution is 6.01. The molecule has 0 radical (unpaired) electrons. The standard InChI is InChI=1S/C23H19FN2O3/c1-26(23(29)25-20-12-10-19(24)11-13-20)21-4-2-3-18(15-21)17-8-5-16(6-9-17)7-14-22(27)28/h2-15H,1H3,(H,25,29)(H,27,28)/b14-7+. The average Bonchev–Trinajstić information content (AvgIpc) is 2.73. The lowest BCUT2D eigenvalue weighted by molar-refractivity contribution is -0.131. The molecule has 5 nitrogen and oxygen atoms in total. The molecule has 6 heteroatoms. The van der Waals surface area contributed by atoms with Crippen molar-refractivity contribution in [2.45, 2.75) is 0 Å². The van der Waals surface area contributed by atoms with Gasteiger partial charge in [0.2, 0.25) is 0 Å². The van der Waals surface area contributed by atoms with E-state index in [1.165, 1.54) is 35.2 Å². The maximum atomic E-state index is 13.0. The van der Waals surface area contributed by atoms with Crippen molar-refractivity contribution in [2.24, 2.45) is 0 Å². The lowest BCUT2D eigenvalue weighted by Gasteiger charge is -2.19. The predicted molar refractivity (Wildman–Crippen MR) is 112 cm³/mol. The highest BCUT2D eigenvalue weighted by Gasteiger charge is 2.12. The van der Waals surface area contributed by atoms with Crippen molar-refractivity contribution >= 4 is 29.5 Å². The van der Waals surface area contributed by atoms with E-state index in [0.29, 0.717) is 11.4 Å². The van der Waals surface area contributed by atoms with Gasteiger partial charge in [0, 0.05) is 24.5 Å². The molecule has 0 heterocycles. The first-order chi connectivity index (χ1) is 13.9. The summed E-state index contributed by atoms with van der Waals surface area (Å²) in [6.45, 7) is 0. The number of carboxylic acids is 1. The van der Waals surface area contributed by atoms with E-state index >= 15 is 0 Å². The number of carbonyl (C=O) groups is 2. The molecule has 0 spiro atoms. The van der Waals surface area contributed by atoms with Crippen LogP contribution in [0.1, 0.15) is 5.56 Å². The molecule has 0 aliphatic heterocycles. The van der Waals surface area contributed by atoms with Crippen LogP contribution in [0.15, 0.2) is 78.9 Å². The summed E-state index contributed by atoms with van der Waals surface area (Å²) in [6.07, 6.45) is 2.61. The molecular formula is C23H19FN2O3. The second kappa shape index (κ2) is 8.84. The number of rotatable bonds is 5. The molecule has 0 unspecified atom stereocenters. The molecule has 2 amide bonds. The monoisotopic (exact) mass is 390 g/mol. The highest BCUT2D eigenvalue weighted by atomic mass is 19.1. The summed E-state index contributed by atoms with van der Waals surface area (Å²) >= 11 is 0. The quantitative estimate of drug-likeness (QED) is 0.584. The number of anilines is 2. The first-order valence-electron chi connectivity index (χ1n) is 8.84. The zero-order valence-corrected chi connectivity index (χ0v) is 15.7. The summed E-state index contributed by atoms with van der Waals surface area (Å²) in [5.41, 5.74) is 3.83. The van der Waals surface area contributed by atoms with E-state index in [1.807, 2.05) is 48.5 Å². The maximum Gasteiger partial charge on any atom is 0.328 e. The Balaban J connectivity index is 1.75. The van der Waals surface area contributed by atoms with Crippen LogP contribution >= 0.6 is 0 Å². The molecule has 0 saturated carbocycles. The number of carboxylic acid groups (broad SMARTS) is 1. The number of aliphatic carboxylic acids is 1. The van der Waals surface area contributed by atoms with Gasteiger partial charge in [0.05, 0.1) is 0 Å². The van der Waals surface area contributed by atoms with Gasteiger partial charge < -0.3 is 10.4 Å². The Labute approximate surface area is 167 Å². The SMILES string of the molecule is CN(C(=O)Nc1ccc(F)cc1)c1cccc(-c2ccc(/C=C/C(=O)O)cc2)c1. The van der Waals surface area contributed by atoms with Crippen molar-refractivity contribution in [1.82, 2.24) is 0 Å². The number of halogens is 1. The summed E-state index contributed by atoms with van der Waals surface area (Å²) in [5.74, 6) is -1.36. The number of benzene rings is 3. The summed E-state index contributed by atoms with van der Waals surface area (Å²) in [5, 5.41) is 11.4. The van der Waals surface area contributed by atoms with E-state index in [1.54, 1.807) is 7.05 Å². The Morgan fingerprint density at radius 2 is 1.66 bits per heavy atom. The summed E-state index contributed by atoms with van der Waals surface area (Å²) < 4.78 is 13.0. The van der Waals surface area contributed by atoms with Gasteiger partial charge in [-0.1, -0.05) is 36.4 Å². The van der Waals surface area contributed by atoms with Crippen molar-refractivity contribution in [1.29, 1.82) is 0 Å². The molecule has 3 aromatic rings. The molecule has 146 valence electrons. The van der Waals surface area contributed by atoms with Crippen LogP contribution in [0.3, 0.4) is 0 Å². The van der Waals surface area contributed by atoms with Crippen molar-refractivity contribution in [3.63, 3.8) is 0 Å². The summed E-state index contributed by atoms with van der Waals surface area (Å²) in [7, 11) is 1.65. The smallest absolute Gasteiger partial charge is 0.328 e. The summed E-state index contributed by atoms with van der Waals surface area (Å²) in [6, 6.07) is 20.1. The fourth-order valence-corrected chi connectivity index (χ4v) is 2.71. The Hall–Kier alpha value is -3.93. The zero-order valence-electron chi connectivity index (χ0n) is 15.7. The van der Waals surface area contributed by atoms with E-state index < -0.39 is 5.97 Å². The number of hydrogen-bond acceptors (Lipinski definition) is 2. The van der Waals surface area contributed by atoms with Crippen LogP contribution in [0.2, 0.25) is 0 Å². The lowest BCUT2D eigenvalue weighted by Crippen LogP contribution is -2.31. The largest absolute Gasteiger partial charge is 0.478 e. The maximum absolute atomic E-state index is 13.0. The van der Waals surface area contributed by atoms with Crippen LogP contribution in [-0.2, 0) is 4.79 Å². The minimum absolute atomic E-state index is 0.345. The predicted octanol–water partition coefficient (Wildman–Crippen LogP) is 5.26. The van der Waals surface area contributed by atoms with Gasteiger partial charge in [-0.15, -0.1) is 0 Å². The molecule has 2 N–H and O–H groups in total. The van der Waals surface area contributed by atoms with Gasteiger partial charge in [-0.3, -0.25) is 4.90 Å². The molecule has 3 rings (SSSR count). The van der Waals surface area contributed by atoms with E-state index in [2.05, 4.69) is 5.32 Å². The normalized spacial score (nSPS) is 10.7. The minimum atomic E-state index is -0.997. The van der Waals surface area contributed by atoms with Crippen LogP contribution in [-0.4, -0.2) is 24.2 Å². The van der Waals surface area contributed by atoms with E-state index in [4.69, 9.17) is 5.11 Å². The number of nitrogens with zero attached hydrogens (tertiary/aromatic N) is 1. The molecule has 29 heavy (non-hydrogen) atoms. The summed E-state index contributed by atoms with van der Waals surface area (Å²) in [4.78, 5) is 24.6. The third kappa shape index (κ3) is 5.29. The number of urea groups is 1. The number of carbonyl (C=O) groups excluding carboxylic acids is 1. The third-order valence-electron chi connectivity index (χ3n) is 4.30. The zero-order chi connectivity index (χ0) is 20.8. The average molecular weight is 390 g/mol. The van der Waals surface area contributed by atoms with Crippen molar-refractivity contribution < 1.29 is 19.1 Å².